The Hall–Kier alpha value is -3.35. The van der Waals surface area contributed by atoms with E-state index >= 15 is 0 Å². The maximum Gasteiger partial charge on any atom is 0.343 e. The van der Waals surface area contributed by atoms with E-state index in [4.69, 9.17) is 14.2 Å². The van der Waals surface area contributed by atoms with Crippen molar-refractivity contribution in [2.75, 3.05) is 13.7 Å². The summed E-state index contributed by atoms with van der Waals surface area (Å²) in [5.41, 5.74) is 1.11. The normalized spacial score (nSPS) is 26.7. The fourth-order valence-corrected chi connectivity index (χ4v) is 6.72. The number of carboxylic acids is 1. The smallest absolute Gasteiger partial charge is 0.343 e. The third-order valence-electron chi connectivity index (χ3n) is 7.72. The zero-order chi connectivity index (χ0) is 23.9. The van der Waals surface area contributed by atoms with Gasteiger partial charge in [0.25, 0.3) is 0 Å². The zero-order valence-electron chi connectivity index (χ0n) is 19.1. The number of carbonyl (C=O) groups is 3. The molecule has 0 unspecified atom stereocenters. The van der Waals surface area contributed by atoms with Crippen LogP contribution in [0.5, 0.6) is 11.5 Å². The number of carboxylic acid groups (broad SMARTS) is 1. The van der Waals surface area contributed by atoms with E-state index in [1.807, 2.05) is 6.07 Å². The maximum absolute atomic E-state index is 13.1. The Morgan fingerprint density at radius 2 is 1.59 bits per heavy atom. The zero-order valence-corrected chi connectivity index (χ0v) is 19.1. The lowest BCUT2D eigenvalue weighted by Gasteiger charge is -2.57. The molecule has 0 radical (unpaired) electrons. The summed E-state index contributed by atoms with van der Waals surface area (Å²) in [4.78, 5) is 36.3. The fraction of sp³-hybridized carbons (Fsp3) is 0.444. The van der Waals surface area contributed by atoms with Crippen LogP contribution in [-0.4, -0.2) is 36.7 Å². The number of hydrogen-bond acceptors (Lipinski definition) is 6. The van der Waals surface area contributed by atoms with Crippen molar-refractivity contribution in [3.05, 3.63) is 59.2 Å². The minimum Gasteiger partial charge on any atom is -0.482 e. The lowest BCUT2D eigenvalue weighted by molar-refractivity contribution is -0.143. The molecule has 1 N–H and O–H groups in total. The quantitative estimate of drug-likeness (QED) is 0.471. The van der Waals surface area contributed by atoms with Gasteiger partial charge in [-0.15, -0.1) is 0 Å². The lowest BCUT2D eigenvalue weighted by Crippen LogP contribution is -2.48. The van der Waals surface area contributed by atoms with Crippen LogP contribution in [0.3, 0.4) is 0 Å². The van der Waals surface area contributed by atoms with E-state index < -0.39 is 17.9 Å². The predicted molar refractivity (Wildman–Crippen MR) is 122 cm³/mol. The van der Waals surface area contributed by atoms with Crippen LogP contribution >= 0.6 is 0 Å². The largest absolute Gasteiger partial charge is 0.482 e. The fourth-order valence-electron chi connectivity index (χ4n) is 6.72. The van der Waals surface area contributed by atoms with Gasteiger partial charge in [0, 0.05) is 5.56 Å². The van der Waals surface area contributed by atoms with Crippen LogP contribution in [0.2, 0.25) is 0 Å². The third kappa shape index (κ3) is 4.15. The Balaban J connectivity index is 1.49. The van der Waals surface area contributed by atoms with E-state index in [2.05, 4.69) is 0 Å². The number of hydrogen-bond donors (Lipinski definition) is 1. The number of ether oxygens (including phenoxy) is 3. The molecule has 0 spiro atoms. The van der Waals surface area contributed by atoms with Crippen LogP contribution in [0.25, 0.3) is 0 Å². The van der Waals surface area contributed by atoms with E-state index in [0.717, 1.165) is 24.8 Å². The molecule has 7 heteroatoms. The van der Waals surface area contributed by atoms with Gasteiger partial charge in [0.1, 0.15) is 17.1 Å². The minimum absolute atomic E-state index is 0.00220. The molecule has 6 rings (SSSR count). The lowest BCUT2D eigenvalue weighted by atomic mass is 9.48. The van der Waals surface area contributed by atoms with Gasteiger partial charge in [-0.2, -0.15) is 0 Å². The monoisotopic (exact) mass is 464 g/mol. The molecule has 0 amide bonds. The Bertz CT molecular complexity index is 1100. The van der Waals surface area contributed by atoms with Crippen LogP contribution < -0.4 is 9.47 Å². The highest BCUT2D eigenvalue weighted by molar-refractivity contribution is 5.95. The topological polar surface area (TPSA) is 99.1 Å². The first-order valence-corrected chi connectivity index (χ1v) is 11.8. The molecule has 34 heavy (non-hydrogen) atoms. The third-order valence-corrected chi connectivity index (χ3v) is 7.72. The molecule has 7 nitrogen and oxygen atoms in total. The summed E-state index contributed by atoms with van der Waals surface area (Å²) in [6.07, 6.45) is 6.96. The van der Waals surface area contributed by atoms with E-state index in [9.17, 15) is 19.5 Å². The van der Waals surface area contributed by atoms with Gasteiger partial charge in [-0.05, 0) is 92.0 Å². The Morgan fingerprint density at radius 1 is 0.941 bits per heavy atom. The summed E-state index contributed by atoms with van der Waals surface area (Å²) in [6, 6.07) is 11.2. The van der Waals surface area contributed by atoms with E-state index in [0.29, 0.717) is 29.1 Å². The van der Waals surface area contributed by atoms with Crippen molar-refractivity contribution in [3.63, 3.8) is 0 Å². The van der Waals surface area contributed by atoms with Crippen molar-refractivity contribution in [1.29, 1.82) is 0 Å². The van der Waals surface area contributed by atoms with Gasteiger partial charge in [0.15, 0.2) is 6.61 Å². The molecule has 2 aromatic carbocycles. The molecule has 0 atom stereocenters. The Kier molecular flexibility index (Phi) is 5.80. The summed E-state index contributed by atoms with van der Waals surface area (Å²) in [5.74, 6) is 0.374. The summed E-state index contributed by atoms with van der Waals surface area (Å²) in [5, 5.41) is 9.40. The van der Waals surface area contributed by atoms with E-state index in [1.54, 1.807) is 24.3 Å². The molecule has 0 saturated heterocycles. The number of rotatable bonds is 7. The minimum atomic E-state index is -1.16. The van der Waals surface area contributed by atoms with Gasteiger partial charge >= 0.3 is 17.9 Å². The molecule has 178 valence electrons. The average Bonchev–Trinajstić information content (AvgIpc) is 2.81. The first-order chi connectivity index (χ1) is 16.4. The first kappa shape index (κ1) is 22.4. The standard InChI is InChI=1S/C27H28O7/c1-32-24(28)15-33-23-7-6-19(26(31)34-22-5-3-2-4-20(22)25(29)30)11-21(23)27-12-16-8-17(13-27)10-18(9-16)14-27/h2-7,11,16-18H,8-10,12-15H2,1H3,(H,29,30). The van der Waals surface area contributed by atoms with Crippen LogP contribution in [0.15, 0.2) is 42.5 Å². The molecule has 0 heterocycles. The van der Waals surface area contributed by atoms with Gasteiger partial charge in [-0.1, -0.05) is 12.1 Å². The van der Waals surface area contributed by atoms with Gasteiger partial charge < -0.3 is 19.3 Å². The summed E-state index contributed by atoms with van der Waals surface area (Å²) >= 11 is 0. The summed E-state index contributed by atoms with van der Waals surface area (Å²) < 4.78 is 16.1. The second-order valence-corrected chi connectivity index (χ2v) is 9.96. The molecule has 4 aliphatic rings. The highest BCUT2D eigenvalue weighted by Gasteiger charge is 2.52. The van der Waals surface area contributed by atoms with Crippen LogP contribution in [-0.2, 0) is 14.9 Å². The first-order valence-electron chi connectivity index (χ1n) is 11.8. The van der Waals surface area contributed by atoms with Gasteiger partial charge in [0.2, 0.25) is 0 Å². The molecular formula is C27H28O7. The van der Waals surface area contributed by atoms with Crippen molar-refractivity contribution in [2.45, 2.75) is 43.9 Å². The number of esters is 2. The van der Waals surface area contributed by atoms with Crippen molar-refractivity contribution in [2.24, 2.45) is 17.8 Å². The van der Waals surface area contributed by atoms with Gasteiger partial charge in [0.05, 0.1) is 12.7 Å². The number of para-hydroxylation sites is 1. The molecule has 0 aromatic heterocycles. The molecule has 4 bridgehead atoms. The van der Waals surface area contributed by atoms with Gasteiger partial charge in [-0.3, -0.25) is 0 Å². The molecular weight excluding hydrogens is 436 g/mol. The van der Waals surface area contributed by atoms with E-state index in [-0.39, 0.29) is 23.3 Å². The highest BCUT2D eigenvalue weighted by atomic mass is 16.6. The maximum atomic E-state index is 13.1. The van der Waals surface area contributed by atoms with Crippen molar-refractivity contribution < 1.29 is 33.7 Å². The SMILES string of the molecule is COC(=O)COc1ccc(C(=O)Oc2ccccc2C(=O)O)cc1C12CC3CC(CC(C3)C1)C2. The van der Waals surface area contributed by atoms with Crippen LogP contribution in [0, 0.1) is 17.8 Å². The Morgan fingerprint density at radius 3 is 2.21 bits per heavy atom. The molecule has 2 aromatic rings. The van der Waals surface area contributed by atoms with E-state index in [1.165, 1.54) is 38.5 Å². The predicted octanol–water partition coefficient (Wildman–Crippen LogP) is 4.62. The van der Waals surface area contributed by atoms with Crippen molar-refractivity contribution >= 4 is 17.9 Å². The molecule has 0 aliphatic heterocycles. The highest BCUT2D eigenvalue weighted by Crippen LogP contribution is 2.62. The van der Waals surface area contributed by atoms with Crippen LogP contribution in [0.4, 0.5) is 0 Å². The average molecular weight is 465 g/mol. The van der Waals surface area contributed by atoms with Gasteiger partial charge in [-0.25, -0.2) is 14.4 Å². The number of aromatic carboxylic acids is 1. The summed E-state index contributed by atoms with van der Waals surface area (Å²) in [6.45, 7) is -0.203. The van der Waals surface area contributed by atoms with Crippen molar-refractivity contribution in [3.8, 4) is 11.5 Å². The molecule has 4 aliphatic carbocycles. The molecule has 4 saturated carbocycles. The number of carbonyl (C=O) groups excluding carboxylic acids is 2. The Labute approximate surface area is 198 Å². The summed E-state index contributed by atoms with van der Waals surface area (Å²) in [7, 11) is 1.32. The van der Waals surface area contributed by atoms with Crippen molar-refractivity contribution in [1.82, 2.24) is 0 Å². The number of benzene rings is 2. The molecule has 4 fully saturated rings. The number of methoxy groups -OCH3 is 1. The van der Waals surface area contributed by atoms with Crippen LogP contribution in [0.1, 0.15) is 64.8 Å². The second-order valence-electron chi connectivity index (χ2n) is 9.96. The second kappa shape index (κ2) is 8.78.